The Kier molecular flexibility index (Phi) is 9.42. The number of amides is 1. The maximum Gasteiger partial charge on any atom is 0.338 e. The van der Waals surface area contributed by atoms with E-state index in [0.717, 1.165) is 16.7 Å². The number of nitrogens with zero attached hydrogens (tertiary/aromatic N) is 1. The number of hydrogen-bond donors (Lipinski definition) is 1. The second kappa shape index (κ2) is 12.9. The number of esters is 1. The lowest BCUT2D eigenvalue weighted by atomic mass is 10.1. The average Bonchev–Trinajstić information content (AvgIpc) is 2.87. The van der Waals surface area contributed by atoms with Crippen molar-refractivity contribution in [1.82, 2.24) is 5.43 Å². The maximum atomic E-state index is 12.1. The summed E-state index contributed by atoms with van der Waals surface area (Å²) >= 11 is 0. The van der Waals surface area contributed by atoms with Crippen LogP contribution in [0.2, 0.25) is 0 Å². The van der Waals surface area contributed by atoms with E-state index in [1.165, 1.54) is 0 Å². The molecule has 3 rings (SSSR count). The first-order valence-corrected chi connectivity index (χ1v) is 11.4. The van der Waals surface area contributed by atoms with Crippen molar-refractivity contribution < 1.29 is 23.8 Å². The zero-order valence-corrected chi connectivity index (χ0v) is 20.2. The third kappa shape index (κ3) is 8.30. The number of methoxy groups -OCH3 is 1. The summed E-state index contributed by atoms with van der Waals surface area (Å²) in [5.74, 6) is 1.02. The van der Waals surface area contributed by atoms with Gasteiger partial charge in [0.1, 0.15) is 18.1 Å². The fourth-order valence-corrected chi connectivity index (χ4v) is 3.17. The highest BCUT2D eigenvalue weighted by molar-refractivity contribution is 5.89. The topological polar surface area (TPSA) is 86.2 Å². The predicted octanol–water partition coefficient (Wildman–Crippen LogP) is 4.78. The van der Waals surface area contributed by atoms with E-state index >= 15 is 0 Å². The van der Waals surface area contributed by atoms with Gasteiger partial charge in [0.05, 0.1) is 31.9 Å². The standard InChI is InChI=1S/C28H30N2O5/c1-20(2)18-35-28(32)23-10-12-25(13-11-23)34-19-24-15-22(9-14-26(24)33-3)17-29-30-27(31)16-21-7-5-4-6-8-21/h4-15,17,20H,16,18-19H2,1-3H3,(H,30,31). The highest BCUT2D eigenvalue weighted by atomic mass is 16.5. The molecule has 35 heavy (non-hydrogen) atoms. The van der Waals surface area contributed by atoms with Crippen LogP contribution in [-0.2, 0) is 22.6 Å². The van der Waals surface area contributed by atoms with Gasteiger partial charge in [-0.05, 0) is 59.5 Å². The highest BCUT2D eigenvalue weighted by Crippen LogP contribution is 2.22. The van der Waals surface area contributed by atoms with Crippen LogP contribution >= 0.6 is 0 Å². The number of ether oxygens (including phenoxy) is 3. The minimum atomic E-state index is -0.352. The molecule has 0 aromatic heterocycles. The fourth-order valence-electron chi connectivity index (χ4n) is 3.17. The first-order valence-electron chi connectivity index (χ1n) is 11.4. The molecule has 0 atom stereocenters. The number of carbonyl (C=O) groups is 2. The van der Waals surface area contributed by atoms with E-state index in [1.807, 2.05) is 62.4 Å². The summed E-state index contributed by atoms with van der Waals surface area (Å²) in [4.78, 5) is 24.1. The molecule has 0 saturated heterocycles. The summed E-state index contributed by atoms with van der Waals surface area (Å²) in [7, 11) is 1.59. The second-order valence-electron chi connectivity index (χ2n) is 8.33. The summed E-state index contributed by atoms with van der Waals surface area (Å²) in [6, 6.07) is 21.8. The van der Waals surface area contributed by atoms with Gasteiger partial charge in [-0.3, -0.25) is 4.79 Å². The smallest absolute Gasteiger partial charge is 0.338 e. The molecule has 0 fully saturated rings. The zero-order valence-electron chi connectivity index (χ0n) is 20.2. The molecule has 0 aliphatic rings. The van der Waals surface area contributed by atoms with Gasteiger partial charge in [0.2, 0.25) is 5.91 Å². The fraction of sp³-hybridized carbons (Fsp3) is 0.250. The van der Waals surface area contributed by atoms with Crippen molar-refractivity contribution in [3.63, 3.8) is 0 Å². The summed E-state index contributed by atoms with van der Waals surface area (Å²) in [5.41, 5.74) is 5.54. The molecule has 182 valence electrons. The molecule has 7 nitrogen and oxygen atoms in total. The van der Waals surface area contributed by atoms with Crippen molar-refractivity contribution in [2.45, 2.75) is 26.9 Å². The van der Waals surface area contributed by atoms with E-state index in [4.69, 9.17) is 14.2 Å². The Hall–Kier alpha value is -4.13. The monoisotopic (exact) mass is 474 g/mol. The Balaban J connectivity index is 1.57. The van der Waals surface area contributed by atoms with Gasteiger partial charge < -0.3 is 14.2 Å². The Morgan fingerprint density at radius 2 is 1.74 bits per heavy atom. The van der Waals surface area contributed by atoms with Gasteiger partial charge in [0.25, 0.3) is 0 Å². The predicted molar refractivity (Wildman–Crippen MR) is 135 cm³/mol. The average molecular weight is 475 g/mol. The number of rotatable bonds is 11. The number of carbonyl (C=O) groups excluding carboxylic acids is 2. The molecule has 0 radical (unpaired) electrons. The molecule has 0 aliphatic carbocycles. The second-order valence-corrected chi connectivity index (χ2v) is 8.33. The van der Waals surface area contributed by atoms with Crippen molar-refractivity contribution in [1.29, 1.82) is 0 Å². The third-order valence-corrected chi connectivity index (χ3v) is 4.95. The largest absolute Gasteiger partial charge is 0.496 e. The van der Waals surface area contributed by atoms with Crippen molar-refractivity contribution in [2.24, 2.45) is 11.0 Å². The number of benzene rings is 3. The Morgan fingerprint density at radius 1 is 1.00 bits per heavy atom. The summed E-state index contributed by atoms with van der Waals surface area (Å²) in [6.45, 7) is 4.61. The summed E-state index contributed by atoms with van der Waals surface area (Å²) in [5, 5.41) is 4.05. The first kappa shape index (κ1) is 25.5. The minimum Gasteiger partial charge on any atom is -0.496 e. The molecule has 7 heteroatoms. The first-order chi connectivity index (χ1) is 16.9. The number of hydrogen-bond acceptors (Lipinski definition) is 6. The molecule has 0 bridgehead atoms. The molecule has 0 saturated carbocycles. The van der Waals surface area contributed by atoms with Crippen LogP contribution in [0.25, 0.3) is 0 Å². The van der Waals surface area contributed by atoms with Crippen molar-refractivity contribution in [3.05, 3.63) is 95.1 Å². The minimum absolute atomic E-state index is 0.193. The molecule has 0 unspecified atom stereocenters. The van der Waals surface area contributed by atoms with Gasteiger partial charge in [-0.2, -0.15) is 5.10 Å². The van der Waals surface area contributed by atoms with Crippen LogP contribution in [-0.4, -0.2) is 31.8 Å². The van der Waals surface area contributed by atoms with Gasteiger partial charge in [-0.25, -0.2) is 10.2 Å². The van der Waals surface area contributed by atoms with Gasteiger partial charge in [0, 0.05) is 5.56 Å². The van der Waals surface area contributed by atoms with Gasteiger partial charge >= 0.3 is 5.97 Å². The Bertz CT molecular complexity index is 1140. The third-order valence-electron chi connectivity index (χ3n) is 4.95. The quantitative estimate of drug-likeness (QED) is 0.246. The maximum absolute atomic E-state index is 12.1. The molecular formula is C28H30N2O5. The zero-order chi connectivity index (χ0) is 25.0. The van der Waals surface area contributed by atoms with Crippen LogP contribution in [0.5, 0.6) is 11.5 Å². The van der Waals surface area contributed by atoms with Crippen LogP contribution in [0, 0.1) is 5.92 Å². The molecule has 3 aromatic carbocycles. The van der Waals surface area contributed by atoms with E-state index in [1.54, 1.807) is 37.6 Å². The molecule has 3 aromatic rings. The Morgan fingerprint density at radius 3 is 2.43 bits per heavy atom. The molecule has 1 N–H and O–H groups in total. The normalized spacial score (nSPS) is 10.9. The molecule has 0 aliphatic heterocycles. The Labute approximate surface area is 205 Å². The highest BCUT2D eigenvalue weighted by Gasteiger charge is 2.10. The van der Waals surface area contributed by atoms with Gasteiger partial charge in [-0.1, -0.05) is 44.2 Å². The molecular weight excluding hydrogens is 444 g/mol. The SMILES string of the molecule is COc1ccc(C=NNC(=O)Cc2ccccc2)cc1COc1ccc(C(=O)OCC(C)C)cc1. The summed E-state index contributed by atoms with van der Waals surface area (Å²) < 4.78 is 16.6. The van der Waals surface area contributed by atoms with Crippen LogP contribution < -0.4 is 14.9 Å². The lowest BCUT2D eigenvalue weighted by Crippen LogP contribution is -2.19. The van der Waals surface area contributed by atoms with E-state index in [9.17, 15) is 9.59 Å². The number of hydrazone groups is 1. The van der Waals surface area contributed by atoms with E-state index in [0.29, 0.717) is 23.7 Å². The van der Waals surface area contributed by atoms with Crippen molar-refractivity contribution in [3.8, 4) is 11.5 Å². The molecule has 0 heterocycles. The van der Waals surface area contributed by atoms with E-state index in [2.05, 4.69) is 10.5 Å². The van der Waals surface area contributed by atoms with Crippen LogP contribution in [0.1, 0.15) is 40.9 Å². The lowest BCUT2D eigenvalue weighted by Gasteiger charge is -2.12. The van der Waals surface area contributed by atoms with Gasteiger partial charge in [0.15, 0.2) is 0 Å². The molecule has 1 amide bonds. The van der Waals surface area contributed by atoms with Crippen LogP contribution in [0.4, 0.5) is 0 Å². The van der Waals surface area contributed by atoms with Crippen molar-refractivity contribution >= 4 is 18.1 Å². The molecule has 0 spiro atoms. The number of nitrogens with one attached hydrogen (secondary N) is 1. The summed E-state index contributed by atoms with van der Waals surface area (Å²) in [6.07, 6.45) is 1.83. The van der Waals surface area contributed by atoms with Crippen molar-refractivity contribution in [2.75, 3.05) is 13.7 Å². The van der Waals surface area contributed by atoms with E-state index in [-0.39, 0.29) is 30.8 Å². The van der Waals surface area contributed by atoms with Crippen LogP contribution in [0.15, 0.2) is 77.9 Å². The van der Waals surface area contributed by atoms with Gasteiger partial charge in [-0.15, -0.1) is 0 Å². The van der Waals surface area contributed by atoms with Crippen LogP contribution in [0.3, 0.4) is 0 Å². The lowest BCUT2D eigenvalue weighted by molar-refractivity contribution is -0.120. The van der Waals surface area contributed by atoms with E-state index < -0.39 is 0 Å².